The third kappa shape index (κ3) is 3.74. The lowest BCUT2D eigenvalue weighted by Crippen LogP contribution is -2.36. The van der Waals surface area contributed by atoms with Crippen LogP contribution < -0.4 is 5.32 Å². The molecule has 1 N–H and O–H groups in total. The molecular weight excluding hydrogens is 215 g/mol. The second-order valence-electron chi connectivity index (χ2n) is 4.33. The molecule has 0 saturated heterocycles. The molecule has 0 aromatic heterocycles. The van der Waals surface area contributed by atoms with Gasteiger partial charge < -0.3 is 5.32 Å². The molecule has 0 aliphatic rings. The van der Waals surface area contributed by atoms with E-state index in [1.165, 1.54) is 12.1 Å². The molecule has 1 aromatic rings. The molecule has 0 aliphatic heterocycles. The minimum Gasteiger partial charge on any atom is -0.367 e. The van der Waals surface area contributed by atoms with Gasteiger partial charge in [0.05, 0.1) is 6.07 Å². The summed E-state index contributed by atoms with van der Waals surface area (Å²) in [5.41, 5.74) is 0.102. The minimum absolute atomic E-state index is 0.283. The van der Waals surface area contributed by atoms with Crippen LogP contribution in [0.1, 0.15) is 39.5 Å². The Morgan fingerprint density at radius 1 is 1.29 bits per heavy atom. The highest BCUT2D eigenvalue weighted by Gasteiger charge is 2.27. The Labute approximate surface area is 102 Å². The standard InChI is InChI=1S/C14H19FN2/c1-3-8-14(11-16,9-4-2)17-13-7-5-6-12(15)10-13/h5-7,10,17H,3-4,8-9H2,1-2H3. The van der Waals surface area contributed by atoms with Crippen molar-refractivity contribution in [3.8, 4) is 6.07 Å². The monoisotopic (exact) mass is 234 g/mol. The third-order valence-electron chi connectivity index (χ3n) is 2.78. The summed E-state index contributed by atoms with van der Waals surface area (Å²) in [6, 6.07) is 8.62. The summed E-state index contributed by atoms with van der Waals surface area (Å²) in [7, 11) is 0. The van der Waals surface area contributed by atoms with Gasteiger partial charge in [-0.15, -0.1) is 0 Å². The first-order chi connectivity index (χ1) is 8.15. The van der Waals surface area contributed by atoms with E-state index in [2.05, 4.69) is 25.2 Å². The summed E-state index contributed by atoms with van der Waals surface area (Å²) >= 11 is 0. The van der Waals surface area contributed by atoms with Gasteiger partial charge in [-0.2, -0.15) is 5.26 Å². The molecule has 1 aromatic carbocycles. The van der Waals surface area contributed by atoms with E-state index in [4.69, 9.17) is 0 Å². The van der Waals surface area contributed by atoms with Crippen LogP contribution in [0.4, 0.5) is 10.1 Å². The Balaban J connectivity index is 2.89. The molecule has 2 nitrogen and oxygen atoms in total. The molecule has 0 saturated carbocycles. The van der Waals surface area contributed by atoms with Gasteiger partial charge >= 0.3 is 0 Å². The average molecular weight is 234 g/mol. The van der Waals surface area contributed by atoms with E-state index in [1.54, 1.807) is 12.1 Å². The van der Waals surface area contributed by atoms with Crippen LogP contribution in [0.3, 0.4) is 0 Å². The van der Waals surface area contributed by atoms with Crippen LogP contribution in [0.25, 0.3) is 0 Å². The first kappa shape index (κ1) is 13.5. The lowest BCUT2D eigenvalue weighted by Gasteiger charge is -2.28. The first-order valence-electron chi connectivity index (χ1n) is 6.11. The summed E-state index contributed by atoms with van der Waals surface area (Å²) in [6.07, 6.45) is 3.40. The number of benzene rings is 1. The number of anilines is 1. The van der Waals surface area contributed by atoms with Crippen molar-refractivity contribution in [3.05, 3.63) is 30.1 Å². The van der Waals surface area contributed by atoms with Crippen molar-refractivity contribution in [1.82, 2.24) is 0 Å². The first-order valence-corrected chi connectivity index (χ1v) is 6.11. The fourth-order valence-corrected chi connectivity index (χ4v) is 2.09. The van der Waals surface area contributed by atoms with Gasteiger partial charge in [0.25, 0.3) is 0 Å². The average Bonchev–Trinajstić information content (AvgIpc) is 2.29. The highest BCUT2D eigenvalue weighted by molar-refractivity contribution is 5.47. The van der Waals surface area contributed by atoms with E-state index < -0.39 is 5.54 Å². The fourth-order valence-electron chi connectivity index (χ4n) is 2.09. The Bertz CT molecular complexity index is 389. The number of nitriles is 1. The highest BCUT2D eigenvalue weighted by atomic mass is 19.1. The van der Waals surface area contributed by atoms with Crippen molar-refractivity contribution >= 4 is 5.69 Å². The number of halogens is 1. The molecular formula is C14H19FN2. The lowest BCUT2D eigenvalue weighted by molar-refractivity contribution is 0.486. The van der Waals surface area contributed by atoms with Crippen LogP contribution >= 0.6 is 0 Å². The summed E-state index contributed by atoms with van der Waals surface area (Å²) in [5, 5.41) is 12.5. The zero-order valence-corrected chi connectivity index (χ0v) is 10.5. The number of nitrogens with one attached hydrogen (secondary N) is 1. The highest BCUT2D eigenvalue weighted by Crippen LogP contribution is 2.25. The van der Waals surface area contributed by atoms with Crippen molar-refractivity contribution in [1.29, 1.82) is 5.26 Å². The van der Waals surface area contributed by atoms with Crippen molar-refractivity contribution in [2.75, 3.05) is 5.32 Å². The minimum atomic E-state index is -0.572. The summed E-state index contributed by atoms with van der Waals surface area (Å²) in [4.78, 5) is 0. The van der Waals surface area contributed by atoms with Crippen molar-refractivity contribution in [3.63, 3.8) is 0 Å². The maximum Gasteiger partial charge on any atom is 0.125 e. The molecule has 0 radical (unpaired) electrons. The Kier molecular flexibility index (Phi) is 4.96. The number of hydrogen-bond acceptors (Lipinski definition) is 2. The lowest BCUT2D eigenvalue weighted by atomic mass is 9.90. The quantitative estimate of drug-likeness (QED) is 0.804. The maximum absolute atomic E-state index is 13.1. The molecule has 92 valence electrons. The molecule has 17 heavy (non-hydrogen) atoms. The maximum atomic E-state index is 13.1. The Morgan fingerprint density at radius 2 is 1.94 bits per heavy atom. The zero-order valence-electron chi connectivity index (χ0n) is 10.5. The normalized spacial score (nSPS) is 10.9. The topological polar surface area (TPSA) is 35.8 Å². The van der Waals surface area contributed by atoms with Gasteiger partial charge in [0.15, 0.2) is 0 Å². The van der Waals surface area contributed by atoms with E-state index >= 15 is 0 Å². The van der Waals surface area contributed by atoms with Gasteiger partial charge in [0.1, 0.15) is 11.4 Å². The number of rotatable bonds is 6. The van der Waals surface area contributed by atoms with E-state index in [1.807, 2.05) is 0 Å². The van der Waals surface area contributed by atoms with Crippen molar-refractivity contribution in [2.24, 2.45) is 0 Å². The summed E-state index contributed by atoms with van der Waals surface area (Å²) in [6.45, 7) is 4.10. The summed E-state index contributed by atoms with van der Waals surface area (Å²) in [5.74, 6) is -0.283. The molecule has 0 unspecified atom stereocenters. The predicted molar refractivity (Wildman–Crippen MR) is 68.2 cm³/mol. The molecule has 3 heteroatoms. The van der Waals surface area contributed by atoms with E-state index in [0.29, 0.717) is 5.69 Å². The summed E-state index contributed by atoms with van der Waals surface area (Å²) < 4.78 is 13.1. The number of hydrogen-bond donors (Lipinski definition) is 1. The zero-order chi connectivity index (χ0) is 12.7. The second kappa shape index (κ2) is 6.24. The van der Waals surface area contributed by atoms with Gasteiger partial charge in [-0.05, 0) is 31.0 Å². The largest absolute Gasteiger partial charge is 0.367 e. The van der Waals surface area contributed by atoms with Gasteiger partial charge in [-0.25, -0.2) is 4.39 Å². The van der Waals surface area contributed by atoms with E-state index in [9.17, 15) is 9.65 Å². The molecule has 0 atom stereocenters. The van der Waals surface area contributed by atoms with Crippen LogP contribution in [-0.2, 0) is 0 Å². The Morgan fingerprint density at radius 3 is 2.41 bits per heavy atom. The molecule has 0 aliphatic carbocycles. The third-order valence-corrected chi connectivity index (χ3v) is 2.78. The van der Waals surface area contributed by atoms with Crippen LogP contribution in [0, 0.1) is 17.1 Å². The SMILES string of the molecule is CCCC(C#N)(CCC)Nc1cccc(F)c1. The smallest absolute Gasteiger partial charge is 0.125 e. The Hall–Kier alpha value is -1.56. The molecule has 0 spiro atoms. The van der Waals surface area contributed by atoms with Crippen molar-refractivity contribution < 1.29 is 4.39 Å². The van der Waals surface area contributed by atoms with Gasteiger partial charge in [-0.1, -0.05) is 32.8 Å². The van der Waals surface area contributed by atoms with Gasteiger partial charge in [0, 0.05) is 5.69 Å². The molecule has 1 rings (SSSR count). The number of nitrogens with zero attached hydrogens (tertiary/aromatic N) is 1. The molecule has 0 bridgehead atoms. The van der Waals surface area contributed by atoms with Crippen LogP contribution in [0.2, 0.25) is 0 Å². The second-order valence-corrected chi connectivity index (χ2v) is 4.33. The van der Waals surface area contributed by atoms with Crippen LogP contribution in [0.15, 0.2) is 24.3 Å². The molecule has 0 amide bonds. The van der Waals surface area contributed by atoms with Gasteiger partial charge in [0.2, 0.25) is 0 Å². The molecule has 0 fully saturated rings. The van der Waals surface area contributed by atoms with Crippen molar-refractivity contribution in [2.45, 2.75) is 45.1 Å². The van der Waals surface area contributed by atoms with Crippen LogP contribution in [0.5, 0.6) is 0 Å². The molecule has 0 heterocycles. The van der Waals surface area contributed by atoms with E-state index in [-0.39, 0.29) is 5.82 Å². The van der Waals surface area contributed by atoms with Gasteiger partial charge in [-0.3, -0.25) is 0 Å². The fraction of sp³-hybridized carbons (Fsp3) is 0.500. The predicted octanol–water partition coefficient (Wildman–Crippen LogP) is 4.10. The van der Waals surface area contributed by atoms with E-state index in [0.717, 1.165) is 25.7 Å². The van der Waals surface area contributed by atoms with Crippen LogP contribution in [-0.4, -0.2) is 5.54 Å².